The van der Waals surface area contributed by atoms with E-state index in [0.29, 0.717) is 46.6 Å². The second-order valence-corrected chi connectivity index (χ2v) is 10.3. The first-order chi connectivity index (χ1) is 17.5. The molecule has 4 aromatic rings. The molecule has 182 valence electrons. The number of benzene rings is 3. The number of fused-ring (bicyclic) bond motifs is 1. The predicted molar refractivity (Wildman–Crippen MR) is 143 cm³/mol. The van der Waals surface area contributed by atoms with Gasteiger partial charge in [-0.1, -0.05) is 61.0 Å². The molecule has 0 saturated heterocycles. The molecule has 1 aromatic heterocycles. The summed E-state index contributed by atoms with van der Waals surface area (Å²) >= 11 is 0. The lowest BCUT2D eigenvalue weighted by atomic mass is 10.0. The van der Waals surface area contributed by atoms with Crippen molar-refractivity contribution in [2.75, 3.05) is 11.9 Å². The molecule has 1 aliphatic rings. The van der Waals surface area contributed by atoms with Gasteiger partial charge in [-0.2, -0.15) is 0 Å². The zero-order valence-electron chi connectivity index (χ0n) is 19.6. The minimum Gasteiger partial charge on any atom is -0.322 e. The van der Waals surface area contributed by atoms with Crippen LogP contribution in [0.5, 0.6) is 0 Å². The van der Waals surface area contributed by atoms with Crippen molar-refractivity contribution in [1.29, 1.82) is 0 Å². The number of aliphatic imine (C=N–C) groups is 1. The molecule has 0 bridgehead atoms. The molecule has 2 N–H and O–H groups in total. The molecule has 0 radical (unpaired) electrons. The van der Waals surface area contributed by atoms with Crippen molar-refractivity contribution < 1.29 is 13.2 Å². The third-order valence-corrected chi connectivity index (χ3v) is 7.44. The smallest absolute Gasteiger partial charge is 0.262 e. The van der Waals surface area contributed by atoms with Gasteiger partial charge in [0, 0.05) is 29.6 Å². The van der Waals surface area contributed by atoms with Crippen LogP contribution in [0.4, 0.5) is 5.69 Å². The van der Waals surface area contributed by atoms with Crippen molar-refractivity contribution in [2.24, 2.45) is 4.99 Å². The summed E-state index contributed by atoms with van der Waals surface area (Å²) in [4.78, 5) is 22.6. The van der Waals surface area contributed by atoms with Crippen LogP contribution in [0.3, 0.4) is 0 Å². The highest BCUT2D eigenvalue weighted by atomic mass is 32.2. The average Bonchev–Trinajstić information content (AvgIpc) is 3.17. The minimum absolute atomic E-state index is 0.0665. The number of amides is 1. The van der Waals surface area contributed by atoms with Crippen LogP contribution in [0.15, 0.2) is 94.8 Å². The molecule has 7 nitrogen and oxygen atoms in total. The van der Waals surface area contributed by atoms with Gasteiger partial charge in [0.1, 0.15) is 5.84 Å². The number of para-hydroxylation sites is 1. The highest BCUT2D eigenvalue weighted by Gasteiger charge is 2.19. The highest BCUT2D eigenvalue weighted by molar-refractivity contribution is 7.90. The normalized spacial score (nSPS) is 14.1. The molecule has 8 heteroatoms. The van der Waals surface area contributed by atoms with Crippen molar-refractivity contribution in [1.82, 2.24) is 9.71 Å². The van der Waals surface area contributed by atoms with Gasteiger partial charge in [0.25, 0.3) is 15.9 Å². The number of rotatable bonds is 5. The van der Waals surface area contributed by atoms with E-state index in [1.807, 2.05) is 54.6 Å². The Bertz CT molecular complexity index is 1550. The van der Waals surface area contributed by atoms with Gasteiger partial charge < -0.3 is 5.32 Å². The number of pyridine rings is 1. The Morgan fingerprint density at radius 1 is 0.833 bits per heavy atom. The number of sulfonamides is 1. The Labute approximate surface area is 210 Å². The van der Waals surface area contributed by atoms with Crippen molar-refractivity contribution in [3.8, 4) is 11.3 Å². The average molecular weight is 499 g/mol. The number of carbonyl (C=O) groups is 1. The zero-order valence-corrected chi connectivity index (χ0v) is 20.5. The standard InChI is InChI=1S/C28H26N4O3S/c33-28(24-19-26(20-10-3-1-4-11-20)31-25-15-7-6-14-23(24)25)30-21-12-9-13-22(18-21)36(34,35)32-27-16-5-2-8-17-29-27/h1,3-4,6-7,9-15,18-19H,2,5,8,16-17H2,(H,29,32)(H,30,33). The van der Waals surface area contributed by atoms with E-state index in [4.69, 9.17) is 4.98 Å². The van der Waals surface area contributed by atoms with E-state index in [1.165, 1.54) is 12.1 Å². The van der Waals surface area contributed by atoms with Gasteiger partial charge in [0.2, 0.25) is 0 Å². The second kappa shape index (κ2) is 10.3. The van der Waals surface area contributed by atoms with E-state index >= 15 is 0 Å². The molecule has 5 rings (SSSR count). The van der Waals surface area contributed by atoms with Crippen molar-refractivity contribution in [3.63, 3.8) is 0 Å². The number of aromatic nitrogens is 1. The summed E-state index contributed by atoms with van der Waals surface area (Å²) in [5.41, 5.74) is 3.13. The largest absolute Gasteiger partial charge is 0.322 e. The Hall–Kier alpha value is -4.04. The maximum atomic E-state index is 13.4. The summed E-state index contributed by atoms with van der Waals surface area (Å²) < 4.78 is 28.6. The molecule has 1 aliphatic heterocycles. The van der Waals surface area contributed by atoms with Crippen molar-refractivity contribution >= 4 is 38.4 Å². The van der Waals surface area contributed by atoms with Crippen LogP contribution in [0, 0.1) is 0 Å². The van der Waals surface area contributed by atoms with Gasteiger partial charge in [0.15, 0.2) is 0 Å². The lowest BCUT2D eigenvalue weighted by Crippen LogP contribution is -2.30. The van der Waals surface area contributed by atoms with E-state index in [0.717, 1.165) is 24.8 Å². The molecule has 0 atom stereocenters. The molecule has 0 aliphatic carbocycles. The van der Waals surface area contributed by atoms with Gasteiger partial charge in [-0.15, -0.1) is 0 Å². The van der Waals surface area contributed by atoms with E-state index in [2.05, 4.69) is 15.0 Å². The Morgan fingerprint density at radius 3 is 2.50 bits per heavy atom. The number of amidine groups is 1. The van der Waals surface area contributed by atoms with E-state index in [9.17, 15) is 13.2 Å². The maximum absolute atomic E-state index is 13.4. The molecule has 36 heavy (non-hydrogen) atoms. The van der Waals surface area contributed by atoms with Crippen LogP contribution < -0.4 is 10.0 Å². The molecule has 0 spiro atoms. The number of anilines is 1. The van der Waals surface area contributed by atoms with Crippen LogP contribution in [0.2, 0.25) is 0 Å². The fourth-order valence-electron chi connectivity index (χ4n) is 4.23. The first kappa shape index (κ1) is 23.7. The number of carbonyl (C=O) groups excluding carboxylic acids is 1. The monoisotopic (exact) mass is 498 g/mol. The molecule has 3 aromatic carbocycles. The predicted octanol–water partition coefficient (Wildman–Crippen LogP) is 5.40. The SMILES string of the molecule is O=C(Nc1cccc(S(=O)(=O)NC2=NCCCCC2)c1)c1cc(-c2ccccc2)nc2ccccc12. The van der Waals surface area contributed by atoms with Crippen LogP contribution in [-0.4, -0.2) is 31.7 Å². The van der Waals surface area contributed by atoms with Gasteiger partial charge in [0.05, 0.1) is 21.7 Å². The summed E-state index contributed by atoms with van der Waals surface area (Å²) in [6.07, 6.45) is 3.51. The number of nitrogens with zero attached hydrogens (tertiary/aromatic N) is 2. The Kier molecular flexibility index (Phi) is 6.77. The molecular formula is C28H26N4O3S. The molecule has 0 unspecified atom stereocenters. The Morgan fingerprint density at radius 2 is 1.64 bits per heavy atom. The summed E-state index contributed by atoms with van der Waals surface area (Å²) in [5, 5.41) is 3.58. The molecule has 2 heterocycles. The highest BCUT2D eigenvalue weighted by Crippen LogP contribution is 2.26. The number of hydrogen-bond donors (Lipinski definition) is 2. The maximum Gasteiger partial charge on any atom is 0.262 e. The number of nitrogens with one attached hydrogen (secondary N) is 2. The lowest BCUT2D eigenvalue weighted by molar-refractivity contribution is 0.102. The van der Waals surface area contributed by atoms with Crippen LogP contribution >= 0.6 is 0 Å². The quantitative estimate of drug-likeness (QED) is 0.384. The third-order valence-electron chi connectivity index (χ3n) is 6.06. The summed E-state index contributed by atoms with van der Waals surface area (Å²) in [7, 11) is -3.82. The van der Waals surface area contributed by atoms with Gasteiger partial charge in [-0.05, 0) is 43.2 Å². The fraction of sp³-hybridized carbons (Fsp3) is 0.179. The zero-order chi connectivity index (χ0) is 25.0. The van der Waals surface area contributed by atoms with Crippen LogP contribution in [0.25, 0.3) is 22.2 Å². The third kappa shape index (κ3) is 5.28. The van der Waals surface area contributed by atoms with Crippen molar-refractivity contribution in [2.45, 2.75) is 30.6 Å². The lowest BCUT2D eigenvalue weighted by Gasteiger charge is -2.13. The van der Waals surface area contributed by atoms with Crippen LogP contribution in [-0.2, 0) is 10.0 Å². The van der Waals surface area contributed by atoms with E-state index < -0.39 is 10.0 Å². The second-order valence-electron chi connectivity index (χ2n) is 8.66. The first-order valence-corrected chi connectivity index (χ1v) is 13.4. The number of hydrogen-bond acceptors (Lipinski definition) is 5. The summed E-state index contributed by atoms with van der Waals surface area (Å²) in [6, 6.07) is 25.1. The molecular weight excluding hydrogens is 472 g/mol. The molecule has 0 saturated carbocycles. The topological polar surface area (TPSA) is 101 Å². The molecule has 1 amide bonds. The molecule has 0 fully saturated rings. The minimum atomic E-state index is -3.82. The van der Waals surface area contributed by atoms with E-state index in [-0.39, 0.29) is 10.8 Å². The summed E-state index contributed by atoms with van der Waals surface area (Å²) in [6.45, 7) is 0.624. The van der Waals surface area contributed by atoms with Crippen molar-refractivity contribution in [3.05, 3.63) is 90.5 Å². The first-order valence-electron chi connectivity index (χ1n) is 11.9. The van der Waals surface area contributed by atoms with Gasteiger partial charge >= 0.3 is 0 Å². The fourth-order valence-corrected chi connectivity index (χ4v) is 5.37. The summed E-state index contributed by atoms with van der Waals surface area (Å²) in [5.74, 6) is 0.139. The van der Waals surface area contributed by atoms with Crippen LogP contribution in [0.1, 0.15) is 36.0 Å². The Balaban J connectivity index is 1.44. The van der Waals surface area contributed by atoms with Gasteiger partial charge in [-0.3, -0.25) is 14.5 Å². The van der Waals surface area contributed by atoms with Gasteiger partial charge in [-0.25, -0.2) is 13.4 Å². The van der Waals surface area contributed by atoms with E-state index in [1.54, 1.807) is 18.2 Å².